The van der Waals surface area contributed by atoms with Crippen molar-refractivity contribution < 1.29 is 30.5 Å². The van der Waals surface area contributed by atoms with Gasteiger partial charge in [-0.2, -0.15) is 0 Å². The maximum absolute atomic E-state index is 9.71. The van der Waals surface area contributed by atoms with Gasteiger partial charge >= 0.3 is 0 Å². The first-order valence-corrected chi connectivity index (χ1v) is 15.3. The number of furan rings is 1. The van der Waals surface area contributed by atoms with Crippen molar-refractivity contribution in [2.24, 2.45) is 0 Å². The van der Waals surface area contributed by atoms with E-state index in [0.29, 0.717) is 11.2 Å². The summed E-state index contributed by atoms with van der Waals surface area (Å²) in [6.07, 6.45) is 0. The molecule has 228 valence electrons. The van der Waals surface area contributed by atoms with Crippen LogP contribution in [-0.2, 0) is 0 Å². The number of hydrogen-bond acceptors (Lipinski definition) is 1. The Morgan fingerprint density at radius 1 is 0.347 bits per heavy atom. The fourth-order valence-corrected chi connectivity index (χ4v) is 6.39. The molecule has 0 bridgehead atoms. The van der Waals surface area contributed by atoms with E-state index in [-0.39, 0.29) is 16.5 Å². The summed E-state index contributed by atoms with van der Waals surface area (Å²) in [5, 5.41) is -1.63. The van der Waals surface area contributed by atoms with Crippen molar-refractivity contribution in [2.45, 2.75) is 0 Å². The van der Waals surface area contributed by atoms with E-state index in [2.05, 4.69) is 0 Å². The second-order valence-corrected chi connectivity index (χ2v) is 11.4. The molecule has 0 saturated heterocycles. The highest BCUT2D eigenvalue weighted by Crippen LogP contribution is 2.44. The predicted octanol–water partition coefficient (Wildman–Crippen LogP) is 13.7. The van der Waals surface area contributed by atoms with Crippen molar-refractivity contribution >= 4 is 54.3 Å². The Labute approximate surface area is 311 Å². The molecule has 9 aromatic carbocycles. The number of fused-ring (bicyclic) bond motifs is 6. The van der Waals surface area contributed by atoms with Crippen molar-refractivity contribution in [2.75, 3.05) is 0 Å². The van der Waals surface area contributed by atoms with Gasteiger partial charge in [0.25, 0.3) is 0 Å². The molecule has 0 aliphatic carbocycles. The van der Waals surface area contributed by atoms with Gasteiger partial charge in [-0.3, -0.25) is 0 Å². The summed E-state index contributed by atoms with van der Waals surface area (Å²) in [5.41, 5.74) is 0.593. The minimum absolute atomic E-state index is 0.114. The second-order valence-electron chi connectivity index (χ2n) is 11.4. The smallest absolute Gasteiger partial charge is 0.136 e. The number of hydrogen-bond donors (Lipinski definition) is 0. The minimum Gasteiger partial charge on any atom is -0.456 e. The van der Waals surface area contributed by atoms with Crippen LogP contribution in [0.2, 0.25) is 0 Å². The van der Waals surface area contributed by atoms with Crippen LogP contribution in [0.3, 0.4) is 0 Å². The lowest BCUT2D eigenvalue weighted by molar-refractivity contribution is 0.669. The van der Waals surface area contributed by atoms with E-state index in [4.69, 9.17) is 16.8 Å². The van der Waals surface area contributed by atoms with E-state index in [1.165, 1.54) is 0 Å². The lowest BCUT2D eigenvalue weighted by Gasteiger charge is -2.18. The van der Waals surface area contributed by atoms with E-state index < -0.39 is 164 Å². The van der Waals surface area contributed by atoms with E-state index in [1.54, 1.807) is 18.2 Å². The van der Waals surface area contributed by atoms with E-state index >= 15 is 0 Å². The normalized spacial score (nSPS) is 17.1. The highest BCUT2D eigenvalue weighted by atomic mass is 16.3. The summed E-state index contributed by atoms with van der Waals surface area (Å²) in [5.74, 6) is 0. The summed E-state index contributed by atoms with van der Waals surface area (Å²) in [6.45, 7) is 0. The summed E-state index contributed by atoms with van der Waals surface area (Å²) < 4.78 is 178. The molecule has 0 amide bonds. The number of benzene rings is 9. The largest absolute Gasteiger partial charge is 0.456 e. The molecule has 49 heavy (non-hydrogen) atoms. The molecule has 1 heterocycles. The topological polar surface area (TPSA) is 13.1 Å². The van der Waals surface area contributed by atoms with Gasteiger partial charge in [-0.05, 0) is 113 Å². The number of rotatable bonds is 4. The molecular weight excluding hydrogens is 593 g/mol. The third-order valence-electron chi connectivity index (χ3n) is 8.62. The molecule has 0 aliphatic rings. The van der Waals surface area contributed by atoms with Crippen LogP contribution in [0, 0.1) is 0 Å². The summed E-state index contributed by atoms with van der Waals surface area (Å²) in [7, 11) is 0. The SMILES string of the molecule is [2H]c1c([2H])c([2H])c(-c2c3c([2H])c([2H])c([2H])c([2H])c3c(-c3c([2H])c([2H])c4c([2H])c(-c5ccc6c(c5)oc5cc(-c7ccccc7)ccc56)c([2H])c([2H])c4c3[2H])c3c([2H])c([2H])c([2H])c([2H])c23)c([2H])c1[2H]. The Kier molecular flexibility index (Phi) is 3.34. The van der Waals surface area contributed by atoms with Crippen molar-refractivity contribution in [3.05, 3.63) is 182 Å². The zero-order valence-electron chi connectivity index (χ0n) is 44.3. The zero-order valence-corrected chi connectivity index (χ0v) is 25.3. The monoisotopic (exact) mass is 641 g/mol. The lowest BCUT2D eigenvalue weighted by Crippen LogP contribution is -1.90. The molecule has 0 fully saturated rings. The quantitative estimate of drug-likeness (QED) is 0.174. The molecule has 1 aromatic heterocycles. The van der Waals surface area contributed by atoms with Crippen LogP contribution in [0.15, 0.2) is 186 Å². The van der Waals surface area contributed by atoms with Crippen LogP contribution < -0.4 is 0 Å². The summed E-state index contributed by atoms with van der Waals surface area (Å²) in [4.78, 5) is 0. The molecule has 10 aromatic rings. The predicted molar refractivity (Wildman–Crippen MR) is 208 cm³/mol. The Morgan fingerprint density at radius 2 is 0.837 bits per heavy atom. The first kappa shape index (κ1) is 14.8. The molecule has 0 saturated carbocycles. The molecule has 0 spiro atoms. The summed E-state index contributed by atoms with van der Waals surface area (Å²) >= 11 is 0. The molecule has 0 atom stereocenters. The van der Waals surface area contributed by atoms with E-state index in [1.807, 2.05) is 48.5 Å². The average molecular weight is 642 g/mol. The van der Waals surface area contributed by atoms with Crippen molar-refractivity contribution in [1.82, 2.24) is 0 Å². The van der Waals surface area contributed by atoms with Crippen LogP contribution in [0.25, 0.3) is 98.8 Å². The lowest BCUT2D eigenvalue weighted by atomic mass is 9.85. The molecule has 0 unspecified atom stereocenters. The molecular formula is C48H30O. The maximum atomic E-state index is 9.71. The van der Waals surface area contributed by atoms with Gasteiger partial charge in [0, 0.05) is 10.8 Å². The van der Waals surface area contributed by atoms with Gasteiger partial charge in [-0.25, -0.2) is 0 Å². The molecule has 0 N–H and O–H groups in total. The van der Waals surface area contributed by atoms with Gasteiger partial charge in [0.2, 0.25) is 0 Å². The fourth-order valence-electron chi connectivity index (χ4n) is 6.39. The Hall–Kier alpha value is -6.44. The minimum atomic E-state index is -0.869. The fraction of sp³-hybridized carbons (Fsp3) is 0. The van der Waals surface area contributed by atoms with Crippen LogP contribution in [0.5, 0.6) is 0 Å². The molecule has 0 radical (unpaired) electrons. The van der Waals surface area contributed by atoms with Gasteiger partial charge in [0.1, 0.15) is 11.2 Å². The Bertz CT molecular complexity index is 3850. The van der Waals surface area contributed by atoms with Gasteiger partial charge in [0.15, 0.2) is 0 Å². The Balaban J connectivity index is 1.32. The highest BCUT2D eigenvalue weighted by molar-refractivity contribution is 6.21. The van der Waals surface area contributed by atoms with Gasteiger partial charge in [-0.1, -0.05) is 145 Å². The van der Waals surface area contributed by atoms with Gasteiger partial charge in [-0.15, -0.1) is 0 Å². The third-order valence-corrected chi connectivity index (χ3v) is 8.62. The van der Waals surface area contributed by atoms with Crippen LogP contribution in [0.1, 0.15) is 26.0 Å². The van der Waals surface area contributed by atoms with E-state index in [0.717, 1.165) is 21.9 Å². The van der Waals surface area contributed by atoms with Gasteiger partial charge in [0.05, 0.1) is 26.0 Å². The highest BCUT2D eigenvalue weighted by Gasteiger charge is 2.17. The maximum Gasteiger partial charge on any atom is 0.136 e. The van der Waals surface area contributed by atoms with E-state index in [9.17, 15) is 13.7 Å². The first-order chi connectivity index (χ1) is 32.2. The van der Waals surface area contributed by atoms with Gasteiger partial charge < -0.3 is 4.42 Å². The molecule has 10 rings (SSSR count). The Morgan fingerprint density at radius 3 is 1.43 bits per heavy atom. The zero-order chi connectivity index (χ0) is 48.8. The van der Waals surface area contributed by atoms with Crippen LogP contribution in [-0.4, -0.2) is 0 Å². The molecule has 0 aliphatic heterocycles. The third kappa shape index (κ3) is 4.55. The molecule has 1 heteroatoms. The average Bonchev–Trinajstić information content (AvgIpc) is 3.70. The van der Waals surface area contributed by atoms with Crippen molar-refractivity contribution in [3.63, 3.8) is 0 Å². The molecule has 1 nitrogen and oxygen atoms in total. The standard InChI is InChI=1S/C48H30O/c1-3-11-31(12-4-1)36-23-25-39-40-26-24-37(30-46(40)49-45(39)29-36)34-19-20-35-28-38(22-21-33(35)27-34)48-43-17-9-7-15-41(43)47(32-13-5-2-6-14-32)42-16-8-10-18-44(42)48/h1-30H/i2D,5D,6D,7D,8D,9D,10D,13D,14D,15D,16D,17D,18D,19D,20D,21D,22D,27D,28D. The second kappa shape index (κ2) is 11.1. The first-order valence-electron chi connectivity index (χ1n) is 24.8. The van der Waals surface area contributed by atoms with Crippen molar-refractivity contribution in [1.29, 1.82) is 0 Å². The van der Waals surface area contributed by atoms with Crippen LogP contribution >= 0.6 is 0 Å². The van der Waals surface area contributed by atoms with Crippen molar-refractivity contribution in [3.8, 4) is 44.5 Å². The summed E-state index contributed by atoms with van der Waals surface area (Å²) in [6, 6.07) is 5.32. The van der Waals surface area contributed by atoms with Crippen LogP contribution in [0.4, 0.5) is 0 Å².